The summed E-state index contributed by atoms with van der Waals surface area (Å²) in [5.74, 6) is -0.252. The third kappa shape index (κ3) is 6.22. The van der Waals surface area contributed by atoms with Crippen molar-refractivity contribution in [3.63, 3.8) is 0 Å². The van der Waals surface area contributed by atoms with Gasteiger partial charge in [0.25, 0.3) is 0 Å². The van der Waals surface area contributed by atoms with Gasteiger partial charge in [0.1, 0.15) is 5.60 Å². The number of carbonyl (C=O) groups excluding carboxylic acids is 2. The summed E-state index contributed by atoms with van der Waals surface area (Å²) >= 11 is 1.34. The molecule has 0 radical (unpaired) electrons. The van der Waals surface area contributed by atoms with Crippen LogP contribution in [-0.2, 0) is 19.4 Å². The molecule has 1 aromatic carbocycles. The highest BCUT2D eigenvalue weighted by molar-refractivity contribution is 8.16. The number of hydrogen-bond acceptors (Lipinski definition) is 6. The Morgan fingerprint density at radius 3 is 2.45 bits per heavy atom. The zero-order valence-electron chi connectivity index (χ0n) is 18.5. The number of amides is 2. The van der Waals surface area contributed by atoms with Crippen molar-refractivity contribution >= 4 is 44.5 Å². The fourth-order valence-corrected chi connectivity index (χ4v) is 7.64. The van der Waals surface area contributed by atoms with Crippen molar-refractivity contribution < 1.29 is 22.7 Å². The van der Waals surface area contributed by atoms with E-state index in [9.17, 15) is 18.0 Å². The number of hydrogen-bond donors (Lipinski definition) is 1. The van der Waals surface area contributed by atoms with Gasteiger partial charge in [-0.25, -0.2) is 13.2 Å². The first-order valence-corrected chi connectivity index (χ1v) is 12.9. The number of nitrogens with one attached hydrogen (secondary N) is 1. The van der Waals surface area contributed by atoms with Gasteiger partial charge < -0.3 is 15.0 Å². The van der Waals surface area contributed by atoms with Crippen LogP contribution >= 0.6 is 11.8 Å². The van der Waals surface area contributed by atoms with E-state index >= 15 is 0 Å². The number of ether oxygens (including phenoxy) is 1. The number of benzene rings is 1. The number of anilines is 1. The van der Waals surface area contributed by atoms with Gasteiger partial charge in [0.2, 0.25) is 5.91 Å². The van der Waals surface area contributed by atoms with Crippen molar-refractivity contribution in [1.29, 1.82) is 0 Å². The van der Waals surface area contributed by atoms with Crippen molar-refractivity contribution in [2.24, 2.45) is 4.99 Å². The van der Waals surface area contributed by atoms with Gasteiger partial charge in [0.05, 0.1) is 17.5 Å². The summed E-state index contributed by atoms with van der Waals surface area (Å²) in [6.45, 7) is 9.36. The number of amidine groups is 1. The largest absolute Gasteiger partial charge is 0.444 e. The maximum Gasteiger partial charge on any atom is 0.407 e. The summed E-state index contributed by atoms with van der Waals surface area (Å²) in [5, 5.41) is 2.91. The van der Waals surface area contributed by atoms with E-state index < -0.39 is 21.5 Å². The van der Waals surface area contributed by atoms with Crippen molar-refractivity contribution in [1.82, 2.24) is 5.32 Å². The number of thioether (sulfide) groups is 1. The van der Waals surface area contributed by atoms with E-state index in [0.717, 1.165) is 16.8 Å². The number of rotatable bonds is 4. The number of carbonyl (C=O) groups is 2. The van der Waals surface area contributed by atoms with E-state index in [-0.39, 0.29) is 41.7 Å². The van der Waals surface area contributed by atoms with Gasteiger partial charge in [0, 0.05) is 23.9 Å². The summed E-state index contributed by atoms with van der Waals surface area (Å²) in [5.41, 5.74) is 2.33. The van der Waals surface area contributed by atoms with Crippen LogP contribution in [0.5, 0.6) is 0 Å². The minimum atomic E-state index is -3.12. The van der Waals surface area contributed by atoms with E-state index in [0.29, 0.717) is 5.17 Å². The summed E-state index contributed by atoms with van der Waals surface area (Å²) in [6, 6.07) is 5.75. The van der Waals surface area contributed by atoms with Gasteiger partial charge in [-0.1, -0.05) is 17.8 Å². The van der Waals surface area contributed by atoms with Gasteiger partial charge in [-0.3, -0.25) is 4.79 Å². The molecule has 2 atom stereocenters. The standard InChI is InChI=1S/C21H29N3O5S2/c1-13-8-14(2)10-15(9-13)24-16-11-31(27,28)12-17(16)30-19(24)23-18(25)6-7-22-20(26)29-21(3,4)5/h8-10,16-17H,6-7,11-12H2,1-5H3,(H,22,26)/t16-,17-/m0/s1. The smallest absolute Gasteiger partial charge is 0.407 e. The molecule has 2 heterocycles. The monoisotopic (exact) mass is 467 g/mol. The molecule has 2 saturated heterocycles. The zero-order valence-corrected chi connectivity index (χ0v) is 20.1. The molecule has 0 aromatic heterocycles. The highest BCUT2D eigenvalue weighted by Crippen LogP contribution is 2.41. The summed E-state index contributed by atoms with van der Waals surface area (Å²) in [4.78, 5) is 30.4. The number of nitrogens with zero attached hydrogens (tertiary/aromatic N) is 2. The van der Waals surface area contributed by atoms with Crippen LogP contribution in [0.15, 0.2) is 23.2 Å². The molecule has 1 N–H and O–H groups in total. The Morgan fingerprint density at radius 1 is 1.19 bits per heavy atom. The Hall–Kier alpha value is -2.07. The number of aryl methyl sites for hydroxylation is 2. The number of aliphatic imine (C=N–C) groups is 1. The second-order valence-corrected chi connectivity index (χ2v) is 12.3. The molecule has 0 spiro atoms. The third-order valence-electron chi connectivity index (χ3n) is 4.78. The van der Waals surface area contributed by atoms with Crippen LogP contribution < -0.4 is 10.2 Å². The Bertz CT molecular complexity index is 994. The molecule has 2 aliphatic rings. The van der Waals surface area contributed by atoms with Crippen molar-refractivity contribution in [2.75, 3.05) is 23.0 Å². The van der Waals surface area contributed by atoms with Gasteiger partial charge >= 0.3 is 6.09 Å². The fraction of sp³-hybridized carbons (Fsp3) is 0.571. The second kappa shape index (κ2) is 8.82. The van der Waals surface area contributed by atoms with Gasteiger partial charge in [0.15, 0.2) is 15.0 Å². The Kier molecular flexibility index (Phi) is 6.71. The lowest BCUT2D eigenvalue weighted by Crippen LogP contribution is -2.38. The van der Waals surface area contributed by atoms with Crippen LogP contribution in [0.25, 0.3) is 0 Å². The molecule has 2 fully saturated rings. The first kappa shape index (κ1) is 23.6. The Balaban J connectivity index is 1.74. The highest BCUT2D eigenvalue weighted by atomic mass is 32.2. The lowest BCUT2D eigenvalue weighted by Gasteiger charge is -2.25. The number of fused-ring (bicyclic) bond motifs is 1. The number of alkyl carbamates (subject to hydrolysis) is 1. The maximum atomic E-state index is 12.5. The average molecular weight is 468 g/mol. The fourth-order valence-electron chi connectivity index (χ4n) is 3.70. The molecule has 8 nitrogen and oxygen atoms in total. The quantitative estimate of drug-likeness (QED) is 0.726. The van der Waals surface area contributed by atoms with Crippen molar-refractivity contribution in [2.45, 2.75) is 57.9 Å². The van der Waals surface area contributed by atoms with Gasteiger partial charge in [-0.05, 0) is 57.9 Å². The Morgan fingerprint density at radius 2 is 1.84 bits per heavy atom. The van der Waals surface area contributed by atoms with Gasteiger partial charge in [-0.2, -0.15) is 4.99 Å². The zero-order chi connectivity index (χ0) is 23.0. The van der Waals surface area contributed by atoms with Crippen LogP contribution in [0, 0.1) is 13.8 Å². The predicted molar refractivity (Wildman–Crippen MR) is 124 cm³/mol. The van der Waals surface area contributed by atoms with Crippen LogP contribution in [0.2, 0.25) is 0 Å². The molecule has 3 rings (SSSR count). The lowest BCUT2D eigenvalue weighted by molar-refractivity contribution is -0.117. The molecule has 1 aromatic rings. The van der Waals surface area contributed by atoms with Crippen molar-refractivity contribution in [3.8, 4) is 0 Å². The van der Waals surface area contributed by atoms with Gasteiger partial charge in [-0.15, -0.1) is 0 Å². The average Bonchev–Trinajstić information content (AvgIpc) is 3.02. The molecule has 0 bridgehead atoms. The summed E-state index contributed by atoms with van der Waals surface area (Å²) in [6.07, 6.45) is -0.558. The molecule has 0 unspecified atom stereocenters. The molecule has 2 amide bonds. The molecular formula is C21H29N3O5S2. The van der Waals surface area contributed by atoms with Crippen LogP contribution in [0.3, 0.4) is 0 Å². The normalized spacial score (nSPS) is 23.6. The minimum Gasteiger partial charge on any atom is -0.444 e. The van der Waals surface area contributed by atoms with E-state index in [1.165, 1.54) is 11.8 Å². The number of sulfone groups is 1. The summed E-state index contributed by atoms with van der Waals surface area (Å²) < 4.78 is 29.5. The SMILES string of the molecule is Cc1cc(C)cc(N2C(=NC(=O)CCNC(=O)OC(C)(C)C)S[C@H]3CS(=O)(=O)C[C@@H]32)c1. The van der Waals surface area contributed by atoms with Crippen molar-refractivity contribution in [3.05, 3.63) is 29.3 Å². The molecule has 2 aliphatic heterocycles. The molecule has 31 heavy (non-hydrogen) atoms. The van der Waals surface area contributed by atoms with E-state index in [1.807, 2.05) is 36.9 Å². The third-order valence-corrected chi connectivity index (χ3v) is 7.99. The molecule has 10 heteroatoms. The predicted octanol–water partition coefficient (Wildman–Crippen LogP) is 2.82. The molecular weight excluding hydrogens is 438 g/mol. The first-order valence-electron chi connectivity index (χ1n) is 10.2. The lowest BCUT2D eigenvalue weighted by atomic mass is 10.1. The highest BCUT2D eigenvalue weighted by Gasteiger charge is 2.49. The Labute approximate surface area is 187 Å². The maximum absolute atomic E-state index is 12.5. The minimum absolute atomic E-state index is 0.0254. The summed E-state index contributed by atoms with van der Waals surface area (Å²) in [7, 11) is -3.12. The van der Waals surface area contributed by atoms with Crippen LogP contribution in [0.1, 0.15) is 38.3 Å². The van der Waals surface area contributed by atoms with E-state index in [4.69, 9.17) is 4.74 Å². The topological polar surface area (TPSA) is 105 Å². The first-order chi connectivity index (χ1) is 14.3. The van der Waals surface area contributed by atoms with Crippen LogP contribution in [-0.4, -0.2) is 60.5 Å². The van der Waals surface area contributed by atoms with E-state index in [1.54, 1.807) is 20.8 Å². The van der Waals surface area contributed by atoms with E-state index in [2.05, 4.69) is 10.3 Å². The second-order valence-electron chi connectivity index (χ2n) is 8.98. The molecule has 0 aliphatic carbocycles. The van der Waals surface area contributed by atoms with Crippen LogP contribution in [0.4, 0.5) is 10.5 Å². The molecule has 170 valence electrons. The molecule has 0 saturated carbocycles.